The van der Waals surface area contributed by atoms with Gasteiger partial charge in [0.2, 0.25) is 26.9 Å². The lowest BCUT2D eigenvalue weighted by atomic mass is 10.1. The molecule has 170 valence electrons. The average molecular weight is 505 g/mol. The number of aromatic amines is 1. The lowest BCUT2D eigenvalue weighted by Gasteiger charge is -2.06. The number of rotatable bonds is 7. The SMILES string of the molecule is Nn1c(SCC(=O)Nc2ccc(S(N)(=O)=O)cc2)nnc1-c1cc(-c2ccc(Cl)cc2)n[nH]1. The van der Waals surface area contributed by atoms with Crippen LogP contribution in [0.4, 0.5) is 5.69 Å². The van der Waals surface area contributed by atoms with E-state index < -0.39 is 10.0 Å². The second kappa shape index (κ2) is 9.23. The Morgan fingerprint density at radius 2 is 1.82 bits per heavy atom. The van der Waals surface area contributed by atoms with Gasteiger partial charge in [0.05, 0.1) is 16.3 Å². The summed E-state index contributed by atoms with van der Waals surface area (Å²) in [5.41, 5.74) is 2.54. The lowest BCUT2D eigenvalue weighted by molar-refractivity contribution is -0.113. The molecule has 0 bridgehead atoms. The summed E-state index contributed by atoms with van der Waals surface area (Å²) in [7, 11) is -3.80. The van der Waals surface area contributed by atoms with Gasteiger partial charge in [0.25, 0.3) is 0 Å². The molecule has 11 nitrogen and oxygen atoms in total. The molecule has 0 saturated carbocycles. The van der Waals surface area contributed by atoms with Crippen LogP contribution in [-0.4, -0.2) is 45.1 Å². The minimum Gasteiger partial charge on any atom is -0.335 e. The monoisotopic (exact) mass is 504 g/mol. The third kappa shape index (κ3) is 5.34. The van der Waals surface area contributed by atoms with Crippen LogP contribution in [0, 0.1) is 0 Å². The van der Waals surface area contributed by atoms with Crippen LogP contribution in [0.5, 0.6) is 0 Å². The topological polar surface area (TPSA) is 175 Å². The first-order chi connectivity index (χ1) is 15.7. The first-order valence-corrected chi connectivity index (χ1v) is 12.2. The number of hydrogen-bond donors (Lipinski definition) is 4. The number of anilines is 1. The van der Waals surface area contributed by atoms with Crippen molar-refractivity contribution in [1.82, 2.24) is 25.1 Å². The summed E-state index contributed by atoms with van der Waals surface area (Å²) in [4.78, 5) is 12.2. The van der Waals surface area contributed by atoms with Gasteiger partial charge in [0.15, 0.2) is 0 Å². The molecule has 0 spiro atoms. The van der Waals surface area contributed by atoms with Crippen LogP contribution in [0.1, 0.15) is 0 Å². The van der Waals surface area contributed by atoms with Crippen molar-refractivity contribution in [2.45, 2.75) is 10.1 Å². The molecule has 14 heteroatoms. The molecular weight excluding hydrogens is 488 g/mol. The molecule has 0 aliphatic carbocycles. The zero-order chi connectivity index (χ0) is 23.6. The van der Waals surface area contributed by atoms with Crippen molar-refractivity contribution >= 4 is 45.0 Å². The average Bonchev–Trinajstić information content (AvgIpc) is 3.39. The standard InChI is InChI=1S/C19H17ClN8O3S2/c20-12-3-1-11(2-4-12)15-9-16(25-24-15)18-26-27-19(28(18)21)32-10-17(29)23-13-5-7-14(8-6-13)33(22,30)31/h1-9H,10,21H2,(H,23,29)(H,24,25)(H2,22,30,31). The van der Waals surface area contributed by atoms with Crippen LogP contribution in [0.3, 0.4) is 0 Å². The summed E-state index contributed by atoms with van der Waals surface area (Å²) in [6, 6.07) is 14.5. The quantitative estimate of drug-likeness (QED) is 0.218. The molecule has 4 aromatic rings. The van der Waals surface area contributed by atoms with E-state index in [1.807, 2.05) is 12.1 Å². The van der Waals surface area contributed by atoms with E-state index in [1.165, 1.54) is 28.9 Å². The zero-order valence-corrected chi connectivity index (χ0v) is 19.2. The number of primary sulfonamides is 1. The minimum atomic E-state index is -3.80. The van der Waals surface area contributed by atoms with E-state index in [9.17, 15) is 13.2 Å². The fourth-order valence-corrected chi connectivity index (χ4v) is 4.12. The van der Waals surface area contributed by atoms with Crippen molar-refractivity contribution < 1.29 is 13.2 Å². The molecule has 0 aliphatic rings. The molecule has 0 fully saturated rings. The Balaban J connectivity index is 1.39. The van der Waals surface area contributed by atoms with E-state index in [2.05, 4.69) is 25.7 Å². The minimum absolute atomic E-state index is 0.00523. The van der Waals surface area contributed by atoms with E-state index >= 15 is 0 Å². The number of sulfonamides is 1. The second-order valence-corrected chi connectivity index (χ2v) is 9.70. The Bertz CT molecular complexity index is 1400. The number of hydrogen-bond acceptors (Lipinski definition) is 8. The van der Waals surface area contributed by atoms with Crippen molar-refractivity contribution in [3.8, 4) is 22.8 Å². The maximum Gasteiger partial charge on any atom is 0.238 e. The van der Waals surface area contributed by atoms with Gasteiger partial charge in [-0.2, -0.15) is 5.10 Å². The number of H-pyrrole nitrogens is 1. The molecule has 1 amide bonds. The molecule has 2 heterocycles. The molecule has 0 radical (unpaired) electrons. The summed E-state index contributed by atoms with van der Waals surface area (Å²) in [6.07, 6.45) is 0. The number of thioether (sulfide) groups is 1. The van der Waals surface area contributed by atoms with Crippen molar-refractivity contribution in [1.29, 1.82) is 0 Å². The largest absolute Gasteiger partial charge is 0.335 e. The third-order valence-corrected chi connectivity index (χ3v) is 6.55. The highest BCUT2D eigenvalue weighted by atomic mass is 35.5. The van der Waals surface area contributed by atoms with Gasteiger partial charge in [-0.25, -0.2) is 18.2 Å². The fraction of sp³-hybridized carbons (Fsp3) is 0.0526. The van der Waals surface area contributed by atoms with Crippen LogP contribution in [0.25, 0.3) is 22.8 Å². The van der Waals surface area contributed by atoms with Crippen LogP contribution in [-0.2, 0) is 14.8 Å². The van der Waals surface area contributed by atoms with Crippen LogP contribution < -0.4 is 16.3 Å². The van der Waals surface area contributed by atoms with Crippen LogP contribution in [0.15, 0.2) is 64.6 Å². The smallest absolute Gasteiger partial charge is 0.238 e. The van der Waals surface area contributed by atoms with E-state index in [0.29, 0.717) is 33.1 Å². The fourth-order valence-electron chi connectivity index (χ4n) is 2.82. The van der Waals surface area contributed by atoms with E-state index in [-0.39, 0.29) is 16.6 Å². The molecule has 0 unspecified atom stereocenters. The molecule has 2 aromatic carbocycles. The summed E-state index contributed by atoms with van der Waals surface area (Å²) in [6.45, 7) is 0. The van der Waals surface area contributed by atoms with Crippen molar-refractivity contribution in [2.24, 2.45) is 5.14 Å². The predicted octanol–water partition coefficient (Wildman–Crippen LogP) is 2.08. The summed E-state index contributed by atoms with van der Waals surface area (Å²) < 4.78 is 23.9. The highest BCUT2D eigenvalue weighted by molar-refractivity contribution is 7.99. The van der Waals surface area contributed by atoms with Crippen LogP contribution in [0.2, 0.25) is 5.02 Å². The molecule has 2 aromatic heterocycles. The normalized spacial score (nSPS) is 11.5. The van der Waals surface area contributed by atoms with Gasteiger partial charge in [-0.15, -0.1) is 10.2 Å². The summed E-state index contributed by atoms with van der Waals surface area (Å²) in [5.74, 6) is 6.13. The Morgan fingerprint density at radius 1 is 1.12 bits per heavy atom. The van der Waals surface area contributed by atoms with E-state index in [1.54, 1.807) is 18.2 Å². The number of amides is 1. The number of nitrogens with two attached hydrogens (primary N) is 2. The Kier molecular flexibility index (Phi) is 6.37. The Hall–Kier alpha value is -3.39. The lowest BCUT2D eigenvalue weighted by Crippen LogP contribution is -2.17. The Labute approximate surface area is 197 Å². The number of halogens is 1. The van der Waals surface area contributed by atoms with E-state index in [0.717, 1.165) is 17.3 Å². The van der Waals surface area contributed by atoms with Gasteiger partial charge >= 0.3 is 0 Å². The number of nitrogen functional groups attached to an aromatic ring is 1. The molecule has 4 rings (SSSR count). The summed E-state index contributed by atoms with van der Waals surface area (Å²) in [5, 5.41) is 23.9. The van der Waals surface area contributed by atoms with E-state index in [4.69, 9.17) is 22.6 Å². The van der Waals surface area contributed by atoms with Crippen LogP contribution >= 0.6 is 23.4 Å². The molecule has 33 heavy (non-hydrogen) atoms. The van der Waals surface area contributed by atoms with Gasteiger partial charge < -0.3 is 11.2 Å². The van der Waals surface area contributed by atoms with Gasteiger partial charge in [0, 0.05) is 16.3 Å². The molecule has 0 atom stereocenters. The molecule has 6 N–H and O–H groups in total. The van der Waals surface area contributed by atoms with Gasteiger partial charge in [0.1, 0.15) is 5.69 Å². The zero-order valence-electron chi connectivity index (χ0n) is 16.8. The van der Waals surface area contributed by atoms with Gasteiger partial charge in [-0.3, -0.25) is 9.89 Å². The molecule has 0 saturated heterocycles. The number of carbonyl (C=O) groups excluding carboxylic acids is 1. The predicted molar refractivity (Wildman–Crippen MR) is 125 cm³/mol. The maximum atomic E-state index is 12.2. The van der Waals surface area contributed by atoms with Gasteiger partial charge in [-0.1, -0.05) is 35.5 Å². The number of nitrogens with zero attached hydrogens (tertiary/aromatic N) is 4. The highest BCUT2D eigenvalue weighted by Gasteiger charge is 2.16. The first kappa shape index (κ1) is 22.8. The van der Waals surface area contributed by atoms with Gasteiger partial charge in [-0.05, 0) is 42.5 Å². The second-order valence-electron chi connectivity index (χ2n) is 6.76. The number of nitrogens with one attached hydrogen (secondary N) is 2. The maximum absolute atomic E-state index is 12.2. The third-order valence-electron chi connectivity index (χ3n) is 4.42. The first-order valence-electron chi connectivity index (χ1n) is 9.28. The van der Waals surface area contributed by atoms with Crippen molar-refractivity contribution in [2.75, 3.05) is 16.9 Å². The Morgan fingerprint density at radius 3 is 2.48 bits per heavy atom. The molecule has 0 aliphatic heterocycles. The highest BCUT2D eigenvalue weighted by Crippen LogP contribution is 2.25. The number of carbonyl (C=O) groups is 1. The van der Waals surface area contributed by atoms with Crippen molar-refractivity contribution in [3.05, 3.63) is 59.6 Å². The summed E-state index contributed by atoms with van der Waals surface area (Å²) >= 11 is 7.01. The number of benzene rings is 2. The molecular formula is C19H17ClN8O3S2. The number of aromatic nitrogens is 5. The van der Waals surface area contributed by atoms with Crippen molar-refractivity contribution in [3.63, 3.8) is 0 Å².